The Bertz CT molecular complexity index is 850. The Morgan fingerprint density at radius 2 is 2.00 bits per heavy atom. The van der Waals surface area contributed by atoms with Gasteiger partial charge in [0.25, 0.3) is 5.91 Å². The summed E-state index contributed by atoms with van der Waals surface area (Å²) in [5, 5.41) is 3.16. The lowest BCUT2D eigenvalue weighted by atomic mass is 9.90. The van der Waals surface area contributed by atoms with Gasteiger partial charge in [0.1, 0.15) is 5.82 Å². The van der Waals surface area contributed by atoms with Crippen LogP contribution in [0.3, 0.4) is 0 Å². The number of piperidine rings is 1. The lowest BCUT2D eigenvalue weighted by Crippen LogP contribution is -2.49. The number of methoxy groups -OCH3 is 1. The van der Waals surface area contributed by atoms with E-state index in [0.29, 0.717) is 29.0 Å². The SMILES string of the molecule is COC1CCCC(N2CCC(NC(=O)c3ccc(-c4cccc(F)c4)nc3)CC2)C1. The molecule has 1 saturated heterocycles. The van der Waals surface area contributed by atoms with E-state index in [1.54, 1.807) is 30.5 Å². The Morgan fingerprint density at radius 1 is 1.17 bits per heavy atom. The first kappa shape index (κ1) is 20.9. The number of nitrogens with zero attached hydrogens (tertiary/aromatic N) is 2. The normalized spacial score (nSPS) is 23.3. The molecule has 0 radical (unpaired) electrons. The van der Waals surface area contributed by atoms with Crippen molar-refractivity contribution in [2.24, 2.45) is 0 Å². The number of benzene rings is 1. The van der Waals surface area contributed by atoms with Crippen LogP contribution in [0.1, 0.15) is 48.9 Å². The molecule has 1 amide bonds. The highest BCUT2D eigenvalue weighted by atomic mass is 19.1. The van der Waals surface area contributed by atoms with Crippen LogP contribution in [0.25, 0.3) is 11.3 Å². The number of aromatic nitrogens is 1. The summed E-state index contributed by atoms with van der Waals surface area (Å²) in [6.07, 6.45) is 8.67. The average Bonchev–Trinajstić information content (AvgIpc) is 2.80. The molecule has 1 aromatic heterocycles. The van der Waals surface area contributed by atoms with Crippen molar-refractivity contribution in [3.05, 3.63) is 54.0 Å². The number of carbonyl (C=O) groups is 1. The van der Waals surface area contributed by atoms with Gasteiger partial charge in [-0.15, -0.1) is 0 Å². The van der Waals surface area contributed by atoms with Crippen LogP contribution in [0, 0.1) is 5.82 Å². The smallest absolute Gasteiger partial charge is 0.253 e. The highest BCUT2D eigenvalue weighted by Gasteiger charge is 2.30. The molecule has 5 nitrogen and oxygen atoms in total. The van der Waals surface area contributed by atoms with Crippen LogP contribution in [0.2, 0.25) is 0 Å². The van der Waals surface area contributed by atoms with E-state index in [9.17, 15) is 9.18 Å². The van der Waals surface area contributed by atoms with E-state index in [-0.39, 0.29) is 17.8 Å². The van der Waals surface area contributed by atoms with Gasteiger partial charge in [0.05, 0.1) is 17.4 Å². The first-order chi connectivity index (χ1) is 14.6. The monoisotopic (exact) mass is 411 g/mol. The van der Waals surface area contributed by atoms with Crippen LogP contribution in [0.4, 0.5) is 4.39 Å². The van der Waals surface area contributed by atoms with Crippen LogP contribution in [0.5, 0.6) is 0 Å². The molecule has 2 aromatic rings. The zero-order valence-corrected chi connectivity index (χ0v) is 17.5. The van der Waals surface area contributed by atoms with Crippen LogP contribution < -0.4 is 5.32 Å². The topological polar surface area (TPSA) is 54.5 Å². The Morgan fingerprint density at radius 3 is 2.70 bits per heavy atom. The lowest BCUT2D eigenvalue weighted by molar-refractivity contribution is 0.0200. The molecule has 1 N–H and O–H groups in total. The van der Waals surface area contributed by atoms with Gasteiger partial charge in [0.15, 0.2) is 0 Å². The van der Waals surface area contributed by atoms with Gasteiger partial charge < -0.3 is 15.0 Å². The number of likely N-dealkylation sites (tertiary alicyclic amines) is 1. The second kappa shape index (κ2) is 9.67. The summed E-state index contributed by atoms with van der Waals surface area (Å²) < 4.78 is 19.0. The maximum Gasteiger partial charge on any atom is 0.253 e. The van der Waals surface area contributed by atoms with Crippen molar-refractivity contribution in [2.75, 3.05) is 20.2 Å². The van der Waals surface area contributed by atoms with E-state index >= 15 is 0 Å². The van der Waals surface area contributed by atoms with Crippen molar-refractivity contribution in [3.8, 4) is 11.3 Å². The maximum atomic E-state index is 13.4. The fourth-order valence-corrected chi connectivity index (χ4v) is 4.69. The van der Waals surface area contributed by atoms with Gasteiger partial charge in [0.2, 0.25) is 0 Å². The van der Waals surface area contributed by atoms with Crippen molar-refractivity contribution in [3.63, 3.8) is 0 Å². The van der Waals surface area contributed by atoms with Gasteiger partial charge in [-0.05, 0) is 62.8 Å². The Hall–Kier alpha value is -2.31. The van der Waals surface area contributed by atoms with E-state index in [1.165, 1.54) is 31.4 Å². The second-order valence-electron chi connectivity index (χ2n) is 8.40. The molecule has 2 fully saturated rings. The van der Waals surface area contributed by atoms with Gasteiger partial charge in [-0.3, -0.25) is 9.78 Å². The van der Waals surface area contributed by atoms with Crippen molar-refractivity contribution in [1.82, 2.24) is 15.2 Å². The number of pyridine rings is 1. The van der Waals surface area contributed by atoms with Crippen LogP contribution in [-0.2, 0) is 4.74 Å². The number of carbonyl (C=O) groups excluding carboxylic acids is 1. The summed E-state index contributed by atoms with van der Waals surface area (Å²) in [6, 6.07) is 10.6. The molecule has 0 spiro atoms. The van der Waals surface area contributed by atoms with Crippen LogP contribution in [0.15, 0.2) is 42.6 Å². The largest absolute Gasteiger partial charge is 0.381 e. The van der Waals surface area contributed by atoms with Gasteiger partial charge in [-0.1, -0.05) is 12.1 Å². The van der Waals surface area contributed by atoms with Gasteiger partial charge in [-0.25, -0.2) is 4.39 Å². The predicted molar refractivity (Wildman–Crippen MR) is 115 cm³/mol. The molecule has 6 heteroatoms. The minimum atomic E-state index is -0.298. The highest BCUT2D eigenvalue weighted by molar-refractivity contribution is 5.94. The van der Waals surface area contributed by atoms with E-state index in [2.05, 4.69) is 15.2 Å². The van der Waals surface area contributed by atoms with Crippen molar-refractivity contribution >= 4 is 5.91 Å². The zero-order valence-electron chi connectivity index (χ0n) is 17.5. The third-order valence-electron chi connectivity index (χ3n) is 6.46. The minimum absolute atomic E-state index is 0.0937. The first-order valence-corrected chi connectivity index (χ1v) is 10.9. The highest BCUT2D eigenvalue weighted by Crippen LogP contribution is 2.27. The van der Waals surface area contributed by atoms with Gasteiger partial charge >= 0.3 is 0 Å². The number of halogens is 1. The molecule has 1 aliphatic carbocycles. The van der Waals surface area contributed by atoms with Gasteiger partial charge in [0, 0.05) is 44.0 Å². The fourth-order valence-electron chi connectivity index (χ4n) is 4.69. The summed E-state index contributed by atoms with van der Waals surface area (Å²) in [5.41, 5.74) is 1.89. The summed E-state index contributed by atoms with van der Waals surface area (Å²) in [7, 11) is 1.81. The molecule has 1 aromatic carbocycles. The average molecular weight is 412 g/mol. The maximum absolute atomic E-state index is 13.4. The summed E-state index contributed by atoms with van der Waals surface area (Å²) in [5.74, 6) is -0.391. The van der Waals surface area contributed by atoms with Crippen molar-refractivity contribution in [1.29, 1.82) is 0 Å². The van der Waals surface area contributed by atoms with E-state index in [4.69, 9.17) is 4.74 Å². The molecular weight excluding hydrogens is 381 g/mol. The molecule has 2 unspecified atom stereocenters. The Labute approximate surface area is 177 Å². The van der Waals surface area contributed by atoms with Crippen molar-refractivity contribution < 1.29 is 13.9 Å². The minimum Gasteiger partial charge on any atom is -0.381 e. The molecule has 2 atom stereocenters. The summed E-state index contributed by atoms with van der Waals surface area (Å²) in [4.78, 5) is 19.6. The molecule has 1 aliphatic heterocycles. The van der Waals surface area contributed by atoms with E-state index in [0.717, 1.165) is 32.4 Å². The molecule has 2 heterocycles. The Kier molecular flexibility index (Phi) is 6.75. The molecule has 0 bridgehead atoms. The quantitative estimate of drug-likeness (QED) is 0.807. The summed E-state index contributed by atoms with van der Waals surface area (Å²) in [6.45, 7) is 2.03. The number of hydrogen-bond acceptors (Lipinski definition) is 4. The molecule has 30 heavy (non-hydrogen) atoms. The molecule has 1 saturated carbocycles. The summed E-state index contributed by atoms with van der Waals surface area (Å²) >= 11 is 0. The number of ether oxygens (including phenoxy) is 1. The third-order valence-corrected chi connectivity index (χ3v) is 6.46. The number of amides is 1. The first-order valence-electron chi connectivity index (χ1n) is 10.9. The second-order valence-corrected chi connectivity index (χ2v) is 8.40. The van der Waals surface area contributed by atoms with Crippen LogP contribution >= 0.6 is 0 Å². The van der Waals surface area contributed by atoms with E-state index in [1.807, 2.05) is 7.11 Å². The molecular formula is C24H30FN3O2. The number of nitrogens with one attached hydrogen (secondary N) is 1. The van der Waals surface area contributed by atoms with Crippen molar-refractivity contribution in [2.45, 2.75) is 56.7 Å². The molecule has 160 valence electrons. The zero-order chi connectivity index (χ0) is 20.9. The number of hydrogen-bond donors (Lipinski definition) is 1. The Balaban J connectivity index is 1.28. The standard InChI is InChI=1S/C24H30FN3O2/c1-30-22-7-3-6-21(15-22)28-12-10-20(11-13-28)27-24(29)18-8-9-23(26-16-18)17-4-2-5-19(25)14-17/h2,4-5,8-9,14,16,20-22H,3,6-7,10-13,15H2,1H3,(H,27,29). The lowest BCUT2D eigenvalue weighted by Gasteiger charge is -2.41. The predicted octanol–water partition coefficient (Wildman–Crippen LogP) is 4.04. The third kappa shape index (κ3) is 5.05. The van der Waals surface area contributed by atoms with E-state index < -0.39 is 0 Å². The fraction of sp³-hybridized carbons (Fsp3) is 0.500. The molecule has 4 rings (SSSR count). The molecule has 2 aliphatic rings. The van der Waals surface area contributed by atoms with Gasteiger partial charge in [-0.2, -0.15) is 0 Å². The number of rotatable bonds is 5. The van der Waals surface area contributed by atoms with Crippen LogP contribution in [-0.4, -0.2) is 54.2 Å².